The third-order valence-electron chi connectivity index (χ3n) is 4.62. The number of amides is 3. The van der Waals surface area contributed by atoms with E-state index in [1.54, 1.807) is 24.3 Å². The van der Waals surface area contributed by atoms with Gasteiger partial charge in [-0.3, -0.25) is 4.79 Å². The molecule has 0 aromatic heterocycles. The summed E-state index contributed by atoms with van der Waals surface area (Å²) in [5.41, 5.74) is 7.19. The molecule has 2 fully saturated rings. The van der Waals surface area contributed by atoms with Crippen LogP contribution in [0.2, 0.25) is 0 Å². The van der Waals surface area contributed by atoms with Crippen LogP contribution in [-0.4, -0.2) is 24.5 Å². The van der Waals surface area contributed by atoms with Crippen LogP contribution in [0.5, 0.6) is 0 Å². The van der Waals surface area contributed by atoms with E-state index >= 15 is 0 Å². The number of nitrogens with two attached hydrogens (primary N) is 1. The highest BCUT2D eigenvalue weighted by molar-refractivity contribution is 5.94. The van der Waals surface area contributed by atoms with Crippen molar-refractivity contribution in [3.63, 3.8) is 0 Å². The molecule has 5 N–H and O–H groups in total. The molecule has 3 amide bonds. The van der Waals surface area contributed by atoms with Gasteiger partial charge in [0.1, 0.15) is 0 Å². The van der Waals surface area contributed by atoms with Crippen LogP contribution in [0.25, 0.3) is 0 Å². The van der Waals surface area contributed by atoms with Gasteiger partial charge in [0.15, 0.2) is 0 Å². The largest absolute Gasteiger partial charge is 0.335 e. The summed E-state index contributed by atoms with van der Waals surface area (Å²) in [7, 11) is 0. The molecule has 0 aliphatic heterocycles. The van der Waals surface area contributed by atoms with Crippen molar-refractivity contribution in [2.24, 2.45) is 17.6 Å². The molecule has 0 heterocycles. The van der Waals surface area contributed by atoms with E-state index in [9.17, 15) is 9.59 Å². The zero-order valence-electron chi connectivity index (χ0n) is 13.6. The molecule has 2 atom stereocenters. The lowest BCUT2D eigenvalue weighted by molar-refractivity contribution is -0.120. The summed E-state index contributed by atoms with van der Waals surface area (Å²) < 4.78 is 0. The first-order valence-electron chi connectivity index (χ1n) is 8.34. The van der Waals surface area contributed by atoms with Crippen LogP contribution >= 0.6 is 12.4 Å². The molecule has 0 bridgehead atoms. The van der Waals surface area contributed by atoms with Crippen LogP contribution in [0, 0.1) is 11.8 Å². The Morgan fingerprint density at radius 2 is 1.62 bits per heavy atom. The first kappa shape index (κ1) is 18.5. The van der Waals surface area contributed by atoms with Crippen LogP contribution in [-0.2, 0) is 4.79 Å². The van der Waals surface area contributed by atoms with Crippen molar-refractivity contribution in [2.45, 2.75) is 38.1 Å². The summed E-state index contributed by atoms with van der Waals surface area (Å²) in [5, 5.41) is 8.60. The maximum atomic E-state index is 12.3. The van der Waals surface area contributed by atoms with Crippen molar-refractivity contribution < 1.29 is 9.59 Å². The minimum Gasteiger partial charge on any atom is -0.335 e. The first-order valence-corrected chi connectivity index (χ1v) is 8.34. The van der Waals surface area contributed by atoms with Crippen LogP contribution < -0.4 is 21.7 Å². The molecular weight excluding hydrogens is 328 g/mol. The number of rotatable bonds is 5. The third kappa shape index (κ3) is 4.85. The fourth-order valence-electron chi connectivity index (χ4n) is 3.12. The Morgan fingerprint density at radius 3 is 2.21 bits per heavy atom. The lowest BCUT2D eigenvalue weighted by atomic mass is 9.95. The molecule has 2 aliphatic rings. The maximum Gasteiger partial charge on any atom is 0.319 e. The number of carbonyl (C=O) groups excluding carboxylic acids is 2. The predicted molar refractivity (Wildman–Crippen MR) is 97.4 cm³/mol. The Kier molecular flexibility index (Phi) is 6.45. The number of benzene rings is 1. The second-order valence-corrected chi connectivity index (χ2v) is 6.47. The van der Waals surface area contributed by atoms with Crippen LogP contribution in [0.1, 0.15) is 32.1 Å². The Balaban J connectivity index is 0.00000208. The highest BCUT2D eigenvalue weighted by Gasteiger charge is 2.31. The van der Waals surface area contributed by atoms with Gasteiger partial charge < -0.3 is 21.7 Å². The summed E-state index contributed by atoms with van der Waals surface area (Å²) in [6, 6.07) is 7.33. The summed E-state index contributed by atoms with van der Waals surface area (Å²) in [5.74, 6) is 0.356. The summed E-state index contributed by atoms with van der Waals surface area (Å²) in [4.78, 5) is 24.0. The van der Waals surface area contributed by atoms with E-state index in [0.717, 1.165) is 37.8 Å². The zero-order chi connectivity index (χ0) is 16.2. The average molecular weight is 353 g/mol. The van der Waals surface area contributed by atoms with E-state index in [4.69, 9.17) is 5.73 Å². The van der Waals surface area contributed by atoms with Crippen LogP contribution in [0.3, 0.4) is 0 Å². The lowest BCUT2D eigenvalue weighted by Crippen LogP contribution is -2.30. The minimum atomic E-state index is -0.180. The Labute approximate surface area is 148 Å². The second kappa shape index (κ2) is 8.35. The molecule has 1 aromatic rings. The minimum absolute atomic E-state index is 0. The van der Waals surface area contributed by atoms with E-state index in [1.807, 2.05) is 0 Å². The number of urea groups is 1. The van der Waals surface area contributed by atoms with E-state index in [-0.39, 0.29) is 30.3 Å². The molecule has 7 heteroatoms. The first-order chi connectivity index (χ1) is 11.2. The molecule has 2 saturated carbocycles. The van der Waals surface area contributed by atoms with Gasteiger partial charge in [0.05, 0.1) is 0 Å². The molecule has 1 aromatic carbocycles. The Bertz CT molecular complexity index is 574. The SMILES string of the molecule is Cl.NC[C@H]1CCC[C@H]1C(=O)Nc1ccc(NC(=O)NC2CC2)cc1. The molecule has 0 radical (unpaired) electrons. The van der Waals surface area contributed by atoms with E-state index in [1.165, 1.54) is 0 Å². The Morgan fingerprint density at radius 1 is 1.00 bits per heavy atom. The summed E-state index contributed by atoms with van der Waals surface area (Å²) >= 11 is 0. The molecule has 0 spiro atoms. The van der Waals surface area contributed by atoms with Crippen molar-refractivity contribution in [3.05, 3.63) is 24.3 Å². The van der Waals surface area contributed by atoms with Gasteiger partial charge in [-0.15, -0.1) is 12.4 Å². The average Bonchev–Trinajstić information content (AvgIpc) is 3.21. The Hall–Kier alpha value is -1.79. The number of halogens is 1. The number of nitrogens with one attached hydrogen (secondary N) is 3. The molecule has 2 aliphatic carbocycles. The lowest BCUT2D eigenvalue weighted by Gasteiger charge is -2.17. The van der Waals surface area contributed by atoms with Crippen molar-refractivity contribution in [3.8, 4) is 0 Å². The fourth-order valence-corrected chi connectivity index (χ4v) is 3.12. The van der Waals surface area contributed by atoms with Gasteiger partial charge in [-0.1, -0.05) is 6.42 Å². The quantitative estimate of drug-likeness (QED) is 0.656. The standard InChI is InChI=1S/C17H24N4O2.ClH/c18-10-11-2-1-3-15(11)16(22)19-12-4-6-13(7-5-12)20-17(23)21-14-8-9-14;/h4-7,11,14-15H,1-3,8-10,18H2,(H,19,22)(H2,20,21,23);1H/t11-,15-;/m1./s1. The van der Waals surface area contributed by atoms with Crippen LogP contribution in [0.4, 0.5) is 16.2 Å². The van der Waals surface area contributed by atoms with Crippen molar-refractivity contribution >= 4 is 35.7 Å². The van der Waals surface area contributed by atoms with E-state index in [2.05, 4.69) is 16.0 Å². The highest BCUT2D eigenvalue weighted by atomic mass is 35.5. The number of anilines is 2. The second-order valence-electron chi connectivity index (χ2n) is 6.47. The van der Waals surface area contributed by atoms with E-state index < -0.39 is 0 Å². The van der Waals surface area contributed by atoms with Crippen molar-refractivity contribution in [2.75, 3.05) is 17.2 Å². The molecule has 0 saturated heterocycles. The number of carbonyl (C=O) groups is 2. The molecule has 132 valence electrons. The number of hydrogen-bond acceptors (Lipinski definition) is 3. The molecule has 6 nitrogen and oxygen atoms in total. The highest BCUT2D eigenvalue weighted by Crippen LogP contribution is 2.32. The molecule has 0 unspecified atom stereocenters. The number of hydrogen-bond donors (Lipinski definition) is 4. The molecule has 3 rings (SSSR count). The zero-order valence-corrected chi connectivity index (χ0v) is 14.4. The summed E-state index contributed by atoms with van der Waals surface area (Å²) in [6.45, 7) is 0.567. The monoisotopic (exact) mass is 352 g/mol. The van der Waals surface area contributed by atoms with Gasteiger partial charge in [-0.05, 0) is 62.4 Å². The van der Waals surface area contributed by atoms with Gasteiger partial charge in [0, 0.05) is 23.3 Å². The molecule has 24 heavy (non-hydrogen) atoms. The maximum absolute atomic E-state index is 12.3. The van der Waals surface area contributed by atoms with Gasteiger partial charge in [0.2, 0.25) is 5.91 Å². The van der Waals surface area contributed by atoms with Gasteiger partial charge in [-0.25, -0.2) is 4.79 Å². The van der Waals surface area contributed by atoms with Crippen molar-refractivity contribution in [1.29, 1.82) is 0 Å². The predicted octanol–water partition coefficient (Wildman–Crippen LogP) is 2.71. The third-order valence-corrected chi connectivity index (χ3v) is 4.62. The van der Waals surface area contributed by atoms with Gasteiger partial charge >= 0.3 is 6.03 Å². The smallest absolute Gasteiger partial charge is 0.319 e. The molecular formula is C17H25ClN4O2. The van der Waals surface area contributed by atoms with Crippen molar-refractivity contribution in [1.82, 2.24) is 5.32 Å². The summed E-state index contributed by atoms with van der Waals surface area (Å²) in [6.07, 6.45) is 5.13. The normalized spacial score (nSPS) is 22.4. The van der Waals surface area contributed by atoms with Crippen LogP contribution in [0.15, 0.2) is 24.3 Å². The topological polar surface area (TPSA) is 96.2 Å². The van der Waals surface area contributed by atoms with Gasteiger partial charge in [-0.2, -0.15) is 0 Å². The van der Waals surface area contributed by atoms with E-state index in [0.29, 0.717) is 24.2 Å². The van der Waals surface area contributed by atoms with Gasteiger partial charge in [0.25, 0.3) is 0 Å². The fraction of sp³-hybridized carbons (Fsp3) is 0.529.